The Morgan fingerprint density at radius 2 is 2.15 bits per heavy atom. The molecule has 0 spiro atoms. The molecule has 0 bridgehead atoms. The highest BCUT2D eigenvalue weighted by Crippen LogP contribution is 2.40. The lowest BCUT2D eigenvalue weighted by molar-refractivity contribution is -0.200. The van der Waals surface area contributed by atoms with E-state index in [0.717, 1.165) is 5.56 Å². The van der Waals surface area contributed by atoms with E-state index in [0.29, 0.717) is 22.0 Å². The van der Waals surface area contributed by atoms with E-state index < -0.39 is 17.7 Å². The molecular formula is C15H13NO4. The summed E-state index contributed by atoms with van der Waals surface area (Å²) in [5.41, 5.74) is 2.67. The van der Waals surface area contributed by atoms with Gasteiger partial charge < -0.3 is 9.47 Å². The standard InChI is InChI=1S/C15H13NO4/c1-8-4-5-10-12(6-8)16-7-11-13(10)14(18)20-15(11,3)19-9(2)17/h4-7H,1-3H3. The number of hydrogen-bond acceptors (Lipinski definition) is 5. The molecule has 1 aliphatic rings. The Hall–Kier alpha value is -2.43. The van der Waals surface area contributed by atoms with Gasteiger partial charge in [-0.2, -0.15) is 0 Å². The quantitative estimate of drug-likeness (QED) is 0.745. The van der Waals surface area contributed by atoms with Gasteiger partial charge in [-0.25, -0.2) is 4.79 Å². The Kier molecular flexibility index (Phi) is 2.54. The molecule has 102 valence electrons. The summed E-state index contributed by atoms with van der Waals surface area (Å²) in [6, 6.07) is 5.63. The van der Waals surface area contributed by atoms with Crippen LogP contribution in [0.3, 0.4) is 0 Å². The molecule has 1 aliphatic heterocycles. The zero-order valence-corrected chi connectivity index (χ0v) is 11.4. The number of aryl methyl sites for hydroxylation is 1. The minimum absolute atomic E-state index is 0.416. The number of ether oxygens (including phenoxy) is 2. The maximum Gasteiger partial charge on any atom is 0.343 e. The molecule has 5 heteroatoms. The number of pyridine rings is 1. The first-order chi connectivity index (χ1) is 9.40. The van der Waals surface area contributed by atoms with Gasteiger partial charge in [-0.1, -0.05) is 12.1 Å². The molecule has 5 nitrogen and oxygen atoms in total. The van der Waals surface area contributed by atoms with Gasteiger partial charge in [-0.05, 0) is 18.6 Å². The van der Waals surface area contributed by atoms with Crippen LogP contribution in [0, 0.1) is 6.92 Å². The highest BCUT2D eigenvalue weighted by atomic mass is 16.7. The summed E-state index contributed by atoms with van der Waals surface area (Å²) in [5.74, 6) is -2.42. The van der Waals surface area contributed by atoms with Crippen molar-refractivity contribution in [2.75, 3.05) is 0 Å². The van der Waals surface area contributed by atoms with Crippen molar-refractivity contribution < 1.29 is 19.1 Å². The van der Waals surface area contributed by atoms with Crippen LogP contribution in [-0.4, -0.2) is 16.9 Å². The minimum Gasteiger partial charge on any atom is -0.418 e. The van der Waals surface area contributed by atoms with E-state index in [1.54, 1.807) is 6.92 Å². The number of hydrogen-bond donors (Lipinski definition) is 0. The van der Waals surface area contributed by atoms with E-state index in [2.05, 4.69) is 4.98 Å². The van der Waals surface area contributed by atoms with Crippen LogP contribution >= 0.6 is 0 Å². The van der Waals surface area contributed by atoms with Gasteiger partial charge in [-0.3, -0.25) is 9.78 Å². The van der Waals surface area contributed by atoms with Crippen molar-refractivity contribution in [2.24, 2.45) is 0 Å². The summed E-state index contributed by atoms with van der Waals surface area (Å²) in [6.07, 6.45) is 1.53. The second-order valence-corrected chi connectivity index (χ2v) is 5.00. The fourth-order valence-electron chi connectivity index (χ4n) is 2.50. The van der Waals surface area contributed by atoms with E-state index in [1.807, 2.05) is 25.1 Å². The SMILES string of the molecule is CC(=O)OC1(C)OC(=O)c2c1cnc1cc(C)ccc21. The number of rotatable bonds is 1. The van der Waals surface area contributed by atoms with Crippen LogP contribution in [0.1, 0.15) is 35.3 Å². The van der Waals surface area contributed by atoms with Crippen LogP contribution in [0.2, 0.25) is 0 Å². The molecule has 0 N–H and O–H groups in total. The average Bonchev–Trinajstić information content (AvgIpc) is 2.59. The summed E-state index contributed by atoms with van der Waals surface area (Å²) >= 11 is 0. The predicted molar refractivity (Wildman–Crippen MR) is 71.0 cm³/mol. The van der Waals surface area contributed by atoms with Crippen LogP contribution in [0.5, 0.6) is 0 Å². The number of carbonyl (C=O) groups excluding carboxylic acids is 2. The fraction of sp³-hybridized carbons (Fsp3) is 0.267. The first kappa shape index (κ1) is 12.6. The lowest BCUT2D eigenvalue weighted by Gasteiger charge is -2.22. The lowest BCUT2D eigenvalue weighted by Crippen LogP contribution is -2.28. The summed E-state index contributed by atoms with van der Waals surface area (Å²) < 4.78 is 10.4. The number of carbonyl (C=O) groups is 2. The van der Waals surface area contributed by atoms with Crippen LogP contribution in [-0.2, 0) is 20.1 Å². The Labute approximate surface area is 115 Å². The van der Waals surface area contributed by atoms with Gasteiger partial charge in [0, 0.05) is 25.4 Å². The van der Waals surface area contributed by atoms with Crippen LogP contribution in [0.4, 0.5) is 0 Å². The molecule has 0 saturated carbocycles. The van der Waals surface area contributed by atoms with Gasteiger partial charge in [0.2, 0.25) is 0 Å². The predicted octanol–water partition coefficient (Wildman–Crippen LogP) is 2.45. The van der Waals surface area contributed by atoms with Gasteiger partial charge >= 0.3 is 11.9 Å². The van der Waals surface area contributed by atoms with Gasteiger partial charge in [0.1, 0.15) is 0 Å². The Bertz CT molecular complexity index is 753. The number of aromatic nitrogens is 1. The molecule has 2 heterocycles. The van der Waals surface area contributed by atoms with Crippen molar-refractivity contribution in [3.8, 4) is 0 Å². The summed E-state index contributed by atoms with van der Waals surface area (Å²) in [6.45, 7) is 4.77. The highest BCUT2D eigenvalue weighted by molar-refractivity contribution is 6.07. The zero-order chi connectivity index (χ0) is 14.5. The van der Waals surface area contributed by atoms with Crippen LogP contribution < -0.4 is 0 Å². The van der Waals surface area contributed by atoms with Gasteiger partial charge in [0.25, 0.3) is 5.79 Å². The molecule has 0 aliphatic carbocycles. The lowest BCUT2D eigenvalue weighted by atomic mass is 10.0. The molecule has 20 heavy (non-hydrogen) atoms. The summed E-state index contributed by atoms with van der Waals surface area (Å²) in [4.78, 5) is 27.6. The van der Waals surface area contributed by atoms with E-state index >= 15 is 0 Å². The van der Waals surface area contributed by atoms with E-state index in [9.17, 15) is 9.59 Å². The second kappa shape index (κ2) is 4.03. The number of nitrogens with zero attached hydrogens (tertiary/aromatic N) is 1. The minimum atomic E-state index is -1.40. The van der Waals surface area contributed by atoms with Gasteiger partial charge in [-0.15, -0.1) is 0 Å². The van der Waals surface area contributed by atoms with Crippen molar-refractivity contribution in [3.05, 3.63) is 41.1 Å². The smallest absolute Gasteiger partial charge is 0.343 e. The Balaban J connectivity index is 2.26. The molecule has 2 aromatic rings. The fourth-order valence-corrected chi connectivity index (χ4v) is 2.50. The second-order valence-electron chi connectivity index (χ2n) is 5.00. The van der Waals surface area contributed by atoms with Crippen molar-refractivity contribution >= 4 is 22.8 Å². The zero-order valence-electron chi connectivity index (χ0n) is 11.4. The van der Waals surface area contributed by atoms with Crippen molar-refractivity contribution in [3.63, 3.8) is 0 Å². The van der Waals surface area contributed by atoms with E-state index in [4.69, 9.17) is 9.47 Å². The Morgan fingerprint density at radius 1 is 1.40 bits per heavy atom. The maximum absolute atomic E-state index is 12.1. The van der Waals surface area contributed by atoms with E-state index in [-0.39, 0.29) is 0 Å². The van der Waals surface area contributed by atoms with Crippen LogP contribution in [0.25, 0.3) is 10.9 Å². The number of fused-ring (bicyclic) bond motifs is 3. The normalized spacial score (nSPS) is 20.6. The number of cyclic esters (lactones) is 1. The number of benzene rings is 1. The molecule has 0 saturated heterocycles. The van der Waals surface area contributed by atoms with E-state index in [1.165, 1.54) is 13.1 Å². The van der Waals surface area contributed by atoms with Crippen molar-refractivity contribution in [2.45, 2.75) is 26.6 Å². The first-order valence-electron chi connectivity index (χ1n) is 6.23. The summed E-state index contributed by atoms with van der Waals surface area (Å²) in [5, 5.41) is 0.703. The molecule has 1 unspecified atom stereocenters. The third-order valence-corrected chi connectivity index (χ3v) is 3.34. The largest absolute Gasteiger partial charge is 0.418 e. The number of esters is 2. The molecular weight excluding hydrogens is 258 g/mol. The topological polar surface area (TPSA) is 65.5 Å². The molecule has 3 rings (SSSR count). The molecule has 1 aromatic carbocycles. The summed E-state index contributed by atoms with van der Waals surface area (Å²) in [7, 11) is 0. The first-order valence-corrected chi connectivity index (χ1v) is 6.23. The highest BCUT2D eigenvalue weighted by Gasteiger charge is 2.46. The molecule has 1 aromatic heterocycles. The van der Waals surface area contributed by atoms with Gasteiger partial charge in [0.15, 0.2) is 0 Å². The van der Waals surface area contributed by atoms with Crippen molar-refractivity contribution in [1.29, 1.82) is 0 Å². The Morgan fingerprint density at radius 3 is 2.85 bits per heavy atom. The average molecular weight is 271 g/mol. The maximum atomic E-state index is 12.1. The monoisotopic (exact) mass is 271 g/mol. The molecule has 0 amide bonds. The molecule has 0 fully saturated rings. The third kappa shape index (κ3) is 1.74. The van der Waals surface area contributed by atoms with Crippen molar-refractivity contribution in [1.82, 2.24) is 4.98 Å². The van der Waals surface area contributed by atoms with Crippen LogP contribution in [0.15, 0.2) is 24.4 Å². The molecule has 0 radical (unpaired) electrons. The third-order valence-electron chi connectivity index (χ3n) is 3.34. The molecule has 1 atom stereocenters. The van der Waals surface area contributed by atoms with Gasteiger partial charge in [0.05, 0.1) is 16.6 Å².